The fraction of sp³-hybridized carbons (Fsp3) is 0.231. The zero-order chi connectivity index (χ0) is 29.7. The van der Waals surface area contributed by atoms with Gasteiger partial charge in [-0.15, -0.1) is 0 Å². The van der Waals surface area contributed by atoms with E-state index >= 15 is 0 Å². The molecule has 0 bridgehead atoms. The van der Waals surface area contributed by atoms with Gasteiger partial charge in [-0.1, -0.05) is 117 Å². The van der Waals surface area contributed by atoms with E-state index in [0.717, 1.165) is 27.4 Å². The molecule has 5 aromatic carbocycles. The maximum Gasteiger partial charge on any atom is 0.498 e. The predicted octanol–water partition coefficient (Wildman–Crippen LogP) is 9.25. The molecule has 0 amide bonds. The number of fused-ring (bicyclic) bond motifs is 14. The van der Waals surface area contributed by atoms with E-state index in [4.69, 9.17) is 13.7 Å². The van der Waals surface area contributed by atoms with Crippen LogP contribution in [-0.2, 0) is 14.7 Å². The van der Waals surface area contributed by atoms with Crippen LogP contribution in [-0.4, -0.2) is 18.3 Å². The fourth-order valence-corrected chi connectivity index (χ4v) is 7.61. The minimum Gasteiger partial charge on any atom is -0.456 e. The quantitative estimate of drug-likeness (QED) is 0.187. The van der Waals surface area contributed by atoms with E-state index in [0.29, 0.717) is 0 Å². The molecule has 2 heterocycles. The van der Waals surface area contributed by atoms with Crippen molar-refractivity contribution in [2.45, 2.75) is 58.2 Å². The van der Waals surface area contributed by atoms with Gasteiger partial charge in [0, 0.05) is 21.8 Å². The third-order valence-electron chi connectivity index (χ3n) is 10.2. The van der Waals surface area contributed by atoms with E-state index < -0.39 is 18.3 Å². The molecule has 3 nitrogen and oxygen atoms in total. The van der Waals surface area contributed by atoms with Gasteiger partial charge in [-0.3, -0.25) is 0 Å². The average Bonchev–Trinajstić information content (AvgIpc) is 3.71. The number of para-hydroxylation sites is 1. The molecule has 1 spiro atoms. The second-order valence-electron chi connectivity index (χ2n) is 12.7. The molecule has 0 radical (unpaired) electrons. The highest BCUT2D eigenvalue weighted by Gasteiger charge is 2.54. The summed E-state index contributed by atoms with van der Waals surface area (Å²) in [4.78, 5) is 0. The standard InChI is InChI=1S/C37H29BO3.C2H6/c1-35(2)36(3,4)41-38(40-35)31-19-11-15-24-25-20-21-30-32(34(25)39-33(24)31)26-14-7-10-18-29(26)37(30)27-16-8-5-12-22(27)23-13-6-9-17-28(23)37;1-2/h5-21H,1-4H3;1-2H3. The number of hydrogen-bond donors (Lipinski definition) is 0. The van der Waals surface area contributed by atoms with Crippen molar-refractivity contribution in [3.8, 4) is 22.3 Å². The molecule has 1 saturated heterocycles. The van der Waals surface area contributed by atoms with Crippen LogP contribution in [0.3, 0.4) is 0 Å². The lowest BCUT2D eigenvalue weighted by molar-refractivity contribution is 0.00578. The third-order valence-corrected chi connectivity index (χ3v) is 10.2. The van der Waals surface area contributed by atoms with Gasteiger partial charge in [0.15, 0.2) is 0 Å². The highest BCUT2D eigenvalue weighted by Crippen LogP contribution is 2.63. The molecule has 0 atom stereocenters. The van der Waals surface area contributed by atoms with E-state index in [1.807, 2.05) is 13.8 Å². The van der Waals surface area contributed by atoms with Crippen molar-refractivity contribution in [3.63, 3.8) is 0 Å². The lowest BCUT2D eigenvalue weighted by Gasteiger charge is -2.32. The first-order chi connectivity index (χ1) is 20.8. The van der Waals surface area contributed by atoms with Crippen LogP contribution in [0.2, 0.25) is 0 Å². The van der Waals surface area contributed by atoms with Gasteiger partial charge in [0.1, 0.15) is 11.2 Å². The van der Waals surface area contributed by atoms with Crippen LogP contribution in [0.25, 0.3) is 44.2 Å². The van der Waals surface area contributed by atoms with Crippen LogP contribution in [0.1, 0.15) is 63.8 Å². The molecule has 1 aromatic heterocycles. The molecule has 0 N–H and O–H groups in total. The van der Waals surface area contributed by atoms with Gasteiger partial charge in [-0.2, -0.15) is 0 Å². The molecule has 4 heteroatoms. The van der Waals surface area contributed by atoms with Crippen molar-refractivity contribution < 1.29 is 13.7 Å². The molecule has 43 heavy (non-hydrogen) atoms. The first kappa shape index (κ1) is 26.5. The summed E-state index contributed by atoms with van der Waals surface area (Å²) in [6, 6.07) is 37.6. The van der Waals surface area contributed by atoms with Gasteiger partial charge in [0.25, 0.3) is 0 Å². The summed E-state index contributed by atoms with van der Waals surface area (Å²) >= 11 is 0. The second kappa shape index (κ2) is 8.95. The molecule has 6 aromatic rings. The maximum absolute atomic E-state index is 6.95. The molecule has 212 valence electrons. The van der Waals surface area contributed by atoms with Crippen LogP contribution in [0.15, 0.2) is 108 Å². The van der Waals surface area contributed by atoms with Gasteiger partial charge in [-0.25, -0.2) is 0 Å². The largest absolute Gasteiger partial charge is 0.498 e. The van der Waals surface area contributed by atoms with Crippen LogP contribution < -0.4 is 5.46 Å². The summed E-state index contributed by atoms with van der Waals surface area (Å²) < 4.78 is 19.9. The van der Waals surface area contributed by atoms with Crippen LogP contribution >= 0.6 is 0 Å². The molecular formula is C39H35BO3. The average molecular weight is 563 g/mol. The molecule has 0 saturated carbocycles. The lowest BCUT2D eigenvalue weighted by atomic mass is 9.70. The summed E-state index contributed by atoms with van der Waals surface area (Å²) in [5, 5.41) is 2.20. The van der Waals surface area contributed by atoms with E-state index in [1.165, 1.54) is 44.5 Å². The summed E-state index contributed by atoms with van der Waals surface area (Å²) in [5.41, 5.74) is 11.7. The highest BCUT2D eigenvalue weighted by molar-refractivity contribution is 6.65. The van der Waals surface area contributed by atoms with E-state index in [9.17, 15) is 0 Å². The number of furan rings is 1. The van der Waals surface area contributed by atoms with Crippen molar-refractivity contribution in [1.82, 2.24) is 0 Å². The van der Waals surface area contributed by atoms with E-state index in [1.54, 1.807) is 0 Å². The molecule has 1 fully saturated rings. The number of hydrogen-bond acceptors (Lipinski definition) is 3. The normalized spacial score (nSPS) is 17.9. The lowest BCUT2D eigenvalue weighted by Crippen LogP contribution is -2.41. The van der Waals surface area contributed by atoms with Crippen LogP contribution in [0.5, 0.6) is 0 Å². The summed E-state index contributed by atoms with van der Waals surface area (Å²) in [6.07, 6.45) is 0. The van der Waals surface area contributed by atoms with Gasteiger partial charge >= 0.3 is 7.12 Å². The number of rotatable bonds is 1. The Bertz CT molecular complexity index is 2020. The van der Waals surface area contributed by atoms with Crippen LogP contribution in [0, 0.1) is 0 Å². The zero-order valence-corrected chi connectivity index (χ0v) is 25.6. The molecule has 9 rings (SSSR count). The van der Waals surface area contributed by atoms with Crippen molar-refractivity contribution in [1.29, 1.82) is 0 Å². The highest BCUT2D eigenvalue weighted by atomic mass is 16.7. The fourth-order valence-electron chi connectivity index (χ4n) is 7.61. The first-order valence-corrected chi connectivity index (χ1v) is 15.5. The summed E-state index contributed by atoms with van der Waals surface area (Å²) in [6.45, 7) is 12.4. The smallest absolute Gasteiger partial charge is 0.456 e. The van der Waals surface area contributed by atoms with Gasteiger partial charge in [0.05, 0.1) is 16.6 Å². The zero-order valence-electron chi connectivity index (χ0n) is 25.6. The van der Waals surface area contributed by atoms with Crippen molar-refractivity contribution >= 4 is 34.5 Å². The summed E-state index contributed by atoms with van der Waals surface area (Å²) in [7, 11) is -0.496. The Labute approximate surface area is 253 Å². The van der Waals surface area contributed by atoms with Crippen molar-refractivity contribution in [2.75, 3.05) is 0 Å². The van der Waals surface area contributed by atoms with E-state index in [-0.39, 0.29) is 5.41 Å². The van der Waals surface area contributed by atoms with Gasteiger partial charge in [-0.05, 0) is 66.6 Å². The van der Waals surface area contributed by atoms with Crippen molar-refractivity contribution in [2.24, 2.45) is 0 Å². The maximum atomic E-state index is 6.95. The first-order valence-electron chi connectivity index (χ1n) is 15.5. The second-order valence-corrected chi connectivity index (χ2v) is 12.7. The van der Waals surface area contributed by atoms with Crippen LogP contribution in [0.4, 0.5) is 0 Å². The molecule has 2 aliphatic carbocycles. The summed E-state index contributed by atoms with van der Waals surface area (Å²) in [5.74, 6) is 0. The Morgan fingerprint density at radius 2 is 1.00 bits per heavy atom. The van der Waals surface area contributed by atoms with Crippen molar-refractivity contribution in [3.05, 3.63) is 125 Å². The predicted molar refractivity (Wildman–Crippen MR) is 177 cm³/mol. The van der Waals surface area contributed by atoms with Gasteiger partial charge < -0.3 is 13.7 Å². The van der Waals surface area contributed by atoms with Gasteiger partial charge in [0.2, 0.25) is 0 Å². The molecule has 0 unspecified atom stereocenters. The monoisotopic (exact) mass is 562 g/mol. The minimum absolute atomic E-state index is 0.388. The molecule has 3 aliphatic rings. The Balaban J connectivity index is 0.00000136. The minimum atomic E-state index is -0.496. The Kier molecular flexibility index (Phi) is 5.52. The number of benzene rings is 5. The third kappa shape index (κ3) is 3.23. The van der Waals surface area contributed by atoms with E-state index in [2.05, 4.69) is 131 Å². The SMILES string of the molecule is CC.CC1(C)OB(c2cccc3c2oc2c4c(ccc23)C2(c3ccccc3-c3ccccc32)c2ccccc2-4)OC1(C)C. The Hall–Kier alpha value is -4.12. The Morgan fingerprint density at radius 3 is 1.60 bits per heavy atom. The topological polar surface area (TPSA) is 31.6 Å². The Morgan fingerprint density at radius 1 is 0.488 bits per heavy atom. The molecule has 1 aliphatic heterocycles. The molecular weight excluding hydrogens is 527 g/mol.